The maximum Gasteiger partial charge on any atom is 0.0732 e. The third kappa shape index (κ3) is 3.92. The van der Waals surface area contributed by atoms with Crippen LogP contribution >= 0.6 is 0 Å². The molecule has 0 fully saturated rings. The van der Waals surface area contributed by atoms with Gasteiger partial charge in [-0.05, 0) is 133 Å². The highest BCUT2D eigenvalue weighted by atomic mass is 14.5. The summed E-state index contributed by atoms with van der Waals surface area (Å²) in [5.74, 6) is 0. The van der Waals surface area contributed by atoms with Gasteiger partial charge in [0, 0.05) is 0 Å². The van der Waals surface area contributed by atoms with Crippen LogP contribution in [0.5, 0.6) is 0 Å². The molecule has 11 aromatic rings. The first-order chi connectivity index (χ1) is 28.3. The maximum atomic E-state index is 2.60. The van der Waals surface area contributed by atoms with E-state index in [4.69, 9.17) is 0 Å². The Morgan fingerprint density at radius 2 is 0.614 bits per heavy atom. The van der Waals surface area contributed by atoms with E-state index < -0.39 is 5.41 Å². The molecule has 0 bridgehead atoms. The number of fused-ring (bicyclic) bond motifs is 20. The van der Waals surface area contributed by atoms with Crippen molar-refractivity contribution >= 4 is 53.9 Å². The van der Waals surface area contributed by atoms with E-state index in [0.29, 0.717) is 0 Å². The molecule has 2 aliphatic carbocycles. The Morgan fingerprint density at radius 3 is 1.23 bits per heavy atom. The smallest absolute Gasteiger partial charge is 0.0619 e. The standard InChI is InChI=1S/C57H34/c1-2-18-36-35(17-1)33-49(40-22-4-3-19-37(36)40)41-23-5-6-24-42(41)50-34-53-54(46-28-10-8-25-43(46)50)55-47-29-11-7-20-38(47)39-21-9-12-30-48(39)56(55)57(53)51-31-15-13-26-44(51)45-27-14-16-32-52(45)57/h1-34H. The molecule has 0 amide bonds. The van der Waals surface area contributed by atoms with E-state index in [1.807, 2.05) is 0 Å². The Balaban J connectivity index is 1.23. The molecule has 0 heterocycles. The fourth-order valence-corrected chi connectivity index (χ4v) is 11.1. The molecule has 0 saturated carbocycles. The molecule has 0 radical (unpaired) electrons. The fourth-order valence-electron chi connectivity index (χ4n) is 11.1. The Kier molecular flexibility index (Phi) is 6.19. The molecular weight excluding hydrogens is 685 g/mol. The third-order valence-electron chi connectivity index (χ3n) is 13.2. The number of rotatable bonds is 2. The van der Waals surface area contributed by atoms with Gasteiger partial charge in [-0.15, -0.1) is 0 Å². The predicted octanol–water partition coefficient (Wildman–Crippen LogP) is 15.1. The average Bonchev–Trinajstić information content (AvgIpc) is 3.77. The zero-order valence-corrected chi connectivity index (χ0v) is 31.1. The Hall–Kier alpha value is -7.28. The van der Waals surface area contributed by atoms with E-state index >= 15 is 0 Å². The van der Waals surface area contributed by atoms with Crippen molar-refractivity contribution < 1.29 is 0 Å². The molecule has 1 spiro atoms. The predicted molar refractivity (Wildman–Crippen MR) is 241 cm³/mol. The van der Waals surface area contributed by atoms with Crippen LogP contribution < -0.4 is 0 Å². The first kappa shape index (κ1) is 31.0. The molecular formula is C57H34. The lowest BCUT2D eigenvalue weighted by Crippen LogP contribution is -2.26. The van der Waals surface area contributed by atoms with Crippen LogP contribution in [-0.2, 0) is 5.41 Å². The van der Waals surface area contributed by atoms with Crippen LogP contribution in [0.15, 0.2) is 206 Å². The summed E-state index contributed by atoms with van der Waals surface area (Å²) in [5, 5.41) is 12.9. The van der Waals surface area contributed by atoms with Crippen molar-refractivity contribution in [1.82, 2.24) is 0 Å². The summed E-state index contributed by atoms with van der Waals surface area (Å²) in [5.41, 5.74) is 15.3. The number of hydrogen-bond donors (Lipinski definition) is 0. The molecule has 0 aliphatic heterocycles. The van der Waals surface area contributed by atoms with Crippen molar-refractivity contribution in [1.29, 1.82) is 0 Å². The first-order valence-corrected chi connectivity index (χ1v) is 20.0. The second kappa shape index (κ2) is 11.4. The second-order valence-electron chi connectivity index (χ2n) is 15.8. The molecule has 0 aromatic heterocycles. The van der Waals surface area contributed by atoms with E-state index in [-0.39, 0.29) is 0 Å². The molecule has 0 nitrogen and oxygen atoms in total. The monoisotopic (exact) mass is 718 g/mol. The van der Waals surface area contributed by atoms with Crippen LogP contribution in [0.1, 0.15) is 22.3 Å². The maximum absolute atomic E-state index is 2.60. The molecule has 0 unspecified atom stereocenters. The molecule has 2 aliphatic rings. The summed E-state index contributed by atoms with van der Waals surface area (Å²) in [7, 11) is 0. The summed E-state index contributed by atoms with van der Waals surface area (Å²) >= 11 is 0. The summed E-state index contributed by atoms with van der Waals surface area (Å²) < 4.78 is 0. The largest absolute Gasteiger partial charge is 0.0732 e. The van der Waals surface area contributed by atoms with Gasteiger partial charge < -0.3 is 0 Å². The Bertz CT molecular complexity index is 3480. The summed E-state index contributed by atoms with van der Waals surface area (Å²) in [6.45, 7) is 0. The molecule has 0 heteroatoms. The van der Waals surface area contributed by atoms with E-state index in [9.17, 15) is 0 Å². The molecule has 262 valence electrons. The van der Waals surface area contributed by atoms with Gasteiger partial charge in [-0.25, -0.2) is 0 Å². The van der Waals surface area contributed by atoms with Crippen LogP contribution in [0.2, 0.25) is 0 Å². The van der Waals surface area contributed by atoms with Crippen LogP contribution in [-0.4, -0.2) is 0 Å². The van der Waals surface area contributed by atoms with E-state index in [1.54, 1.807) is 0 Å². The van der Waals surface area contributed by atoms with Gasteiger partial charge in [-0.3, -0.25) is 0 Å². The minimum Gasteiger partial charge on any atom is -0.0619 e. The van der Waals surface area contributed by atoms with Gasteiger partial charge in [0.25, 0.3) is 0 Å². The lowest BCUT2D eigenvalue weighted by molar-refractivity contribution is 0.803. The summed E-state index contributed by atoms with van der Waals surface area (Å²) in [6.07, 6.45) is 0. The Morgan fingerprint density at radius 1 is 0.228 bits per heavy atom. The zero-order chi connectivity index (χ0) is 37.2. The fraction of sp³-hybridized carbons (Fsp3) is 0.0175. The minimum absolute atomic E-state index is 0.523. The van der Waals surface area contributed by atoms with Gasteiger partial charge in [-0.2, -0.15) is 0 Å². The summed E-state index contributed by atoms with van der Waals surface area (Å²) in [4.78, 5) is 0. The Labute approximate surface area is 330 Å². The molecule has 0 saturated heterocycles. The second-order valence-corrected chi connectivity index (χ2v) is 15.8. The van der Waals surface area contributed by atoms with Gasteiger partial charge in [0.2, 0.25) is 0 Å². The van der Waals surface area contributed by atoms with Gasteiger partial charge >= 0.3 is 0 Å². The van der Waals surface area contributed by atoms with Crippen molar-refractivity contribution in [2.24, 2.45) is 0 Å². The van der Waals surface area contributed by atoms with Crippen molar-refractivity contribution in [2.75, 3.05) is 0 Å². The topological polar surface area (TPSA) is 0 Å². The van der Waals surface area contributed by atoms with Crippen LogP contribution in [0, 0.1) is 0 Å². The average molecular weight is 719 g/mol. The van der Waals surface area contributed by atoms with Crippen LogP contribution in [0.3, 0.4) is 0 Å². The van der Waals surface area contributed by atoms with Crippen molar-refractivity contribution in [3.8, 4) is 44.5 Å². The van der Waals surface area contributed by atoms with Crippen molar-refractivity contribution in [3.63, 3.8) is 0 Å². The minimum atomic E-state index is -0.523. The van der Waals surface area contributed by atoms with E-state index in [1.165, 1.54) is 121 Å². The highest BCUT2D eigenvalue weighted by molar-refractivity contribution is 6.24. The van der Waals surface area contributed by atoms with Crippen LogP contribution in [0.25, 0.3) is 98.4 Å². The quantitative estimate of drug-likeness (QED) is 0.156. The summed E-state index contributed by atoms with van der Waals surface area (Å²) in [6, 6.07) is 77.7. The van der Waals surface area contributed by atoms with Crippen molar-refractivity contribution in [2.45, 2.75) is 5.41 Å². The first-order valence-electron chi connectivity index (χ1n) is 20.0. The molecule has 11 aromatic carbocycles. The molecule has 13 rings (SSSR count). The lowest BCUT2D eigenvalue weighted by Gasteiger charge is -2.32. The third-order valence-corrected chi connectivity index (χ3v) is 13.2. The van der Waals surface area contributed by atoms with Gasteiger partial charge in [0.15, 0.2) is 0 Å². The SMILES string of the molecule is c1ccc(-c2cc3ccccc3c3ccccc23)c(-c2cc3c(c4ccccc24)-c2c(c4ccccc4c4ccccc24)C32c3ccccc3-c3ccccc32)c1. The lowest BCUT2D eigenvalue weighted by atomic mass is 9.68. The highest BCUT2D eigenvalue weighted by Crippen LogP contribution is 2.67. The normalized spacial score (nSPS) is 13.4. The van der Waals surface area contributed by atoms with Crippen LogP contribution in [0.4, 0.5) is 0 Å². The van der Waals surface area contributed by atoms with Gasteiger partial charge in [0.05, 0.1) is 5.41 Å². The molecule has 0 atom stereocenters. The zero-order valence-electron chi connectivity index (χ0n) is 31.1. The van der Waals surface area contributed by atoms with Gasteiger partial charge in [-0.1, -0.05) is 194 Å². The highest BCUT2D eigenvalue weighted by Gasteiger charge is 2.53. The van der Waals surface area contributed by atoms with E-state index in [0.717, 1.165) is 0 Å². The number of benzene rings is 11. The van der Waals surface area contributed by atoms with E-state index in [2.05, 4.69) is 206 Å². The van der Waals surface area contributed by atoms with Crippen molar-refractivity contribution in [3.05, 3.63) is 229 Å². The van der Waals surface area contributed by atoms with Gasteiger partial charge in [0.1, 0.15) is 0 Å². The molecule has 0 N–H and O–H groups in total. The number of hydrogen-bond acceptors (Lipinski definition) is 0. The molecule has 57 heavy (non-hydrogen) atoms.